The molecular weight excluding hydrogens is 431 g/mol. The molecule has 34 heavy (non-hydrogen) atoms. The van der Waals surface area contributed by atoms with Gasteiger partial charge in [-0.05, 0) is 66.6 Å². The Balaban J connectivity index is 1.69. The molecule has 5 nitrogen and oxygen atoms in total. The van der Waals surface area contributed by atoms with Crippen LogP contribution in [0.4, 0.5) is 4.39 Å². The molecular formula is C28H35FN2O3. The van der Waals surface area contributed by atoms with Gasteiger partial charge in [-0.3, -0.25) is 9.59 Å². The molecule has 2 aliphatic heterocycles. The Bertz CT molecular complexity index is 1040. The smallest absolute Gasteiger partial charge is 0.263 e. The van der Waals surface area contributed by atoms with Crippen LogP contribution in [0.2, 0.25) is 0 Å². The van der Waals surface area contributed by atoms with Gasteiger partial charge in [0.25, 0.3) is 5.91 Å². The Hall–Kier alpha value is -2.89. The summed E-state index contributed by atoms with van der Waals surface area (Å²) in [7, 11) is 0. The van der Waals surface area contributed by atoms with Gasteiger partial charge < -0.3 is 14.5 Å². The summed E-state index contributed by atoms with van der Waals surface area (Å²) >= 11 is 0. The number of likely N-dealkylation sites (tertiary alicyclic amines) is 1. The highest BCUT2D eigenvalue weighted by molar-refractivity contribution is 5.83. The lowest BCUT2D eigenvalue weighted by Gasteiger charge is -2.41. The van der Waals surface area contributed by atoms with E-state index in [4.69, 9.17) is 4.74 Å². The summed E-state index contributed by atoms with van der Waals surface area (Å²) in [6.45, 7) is 9.89. The molecule has 2 aliphatic rings. The van der Waals surface area contributed by atoms with Crippen LogP contribution in [0.25, 0.3) is 0 Å². The van der Waals surface area contributed by atoms with Crippen molar-refractivity contribution in [2.75, 3.05) is 19.6 Å². The number of amides is 2. The van der Waals surface area contributed by atoms with Crippen LogP contribution in [0, 0.1) is 11.2 Å². The molecule has 182 valence electrons. The third kappa shape index (κ3) is 4.96. The minimum atomic E-state index is -0.542. The molecule has 0 spiro atoms. The van der Waals surface area contributed by atoms with Crippen LogP contribution in [-0.4, -0.2) is 47.4 Å². The number of hydrogen-bond acceptors (Lipinski definition) is 3. The normalized spacial score (nSPS) is 19.0. The van der Waals surface area contributed by atoms with E-state index in [2.05, 4.69) is 0 Å². The van der Waals surface area contributed by atoms with Crippen molar-refractivity contribution in [1.29, 1.82) is 0 Å². The van der Waals surface area contributed by atoms with Crippen LogP contribution in [0.15, 0.2) is 42.5 Å². The van der Waals surface area contributed by atoms with Crippen LogP contribution < -0.4 is 4.74 Å². The fourth-order valence-electron chi connectivity index (χ4n) is 4.93. The molecule has 0 aliphatic carbocycles. The maximum Gasteiger partial charge on any atom is 0.263 e. The lowest BCUT2D eigenvalue weighted by molar-refractivity contribution is -0.141. The summed E-state index contributed by atoms with van der Waals surface area (Å²) < 4.78 is 19.9. The molecule has 0 bridgehead atoms. The Morgan fingerprint density at radius 3 is 2.35 bits per heavy atom. The third-order valence-corrected chi connectivity index (χ3v) is 6.78. The van der Waals surface area contributed by atoms with Crippen LogP contribution >= 0.6 is 0 Å². The van der Waals surface area contributed by atoms with Crippen LogP contribution in [0.5, 0.6) is 5.75 Å². The number of carbonyl (C=O) groups is 2. The average Bonchev–Trinajstić information content (AvgIpc) is 3.36. The molecule has 2 aromatic carbocycles. The molecule has 0 unspecified atom stereocenters. The van der Waals surface area contributed by atoms with Gasteiger partial charge in [-0.15, -0.1) is 0 Å². The molecule has 1 saturated heterocycles. The largest absolute Gasteiger partial charge is 0.481 e. The van der Waals surface area contributed by atoms with E-state index in [1.807, 2.05) is 55.7 Å². The van der Waals surface area contributed by atoms with Gasteiger partial charge in [0.05, 0.1) is 6.04 Å². The Morgan fingerprint density at radius 2 is 1.74 bits per heavy atom. The van der Waals surface area contributed by atoms with Crippen molar-refractivity contribution < 1.29 is 18.7 Å². The van der Waals surface area contributed by atoms with Crippen LogP contribution in [-0.2, 0) is 16.0 Å². The van der Waals surface area contributed by atoms with E-state index in [9.17, 15) is 14.0 Å². The van der Waals surface area contributed by atoms with E-state index < -0.39 is 11.5 Å². The minimum Gasteiger partial charge on any atom is -0.481 e. The van der Waals surface area contributed by atoms with Crippen molar-refractivity contribution in [3.05, 3.63) is 65.0 Å². The molecule has 2 heterocycles. The topological polar surface area (TPSA) is 49.9 Å². The van der Waals surface area contributed by atoms with E-state index >= 15 is 0 Å². The van der Waals surface area contributed by atoms with Crippen LogP contribution in [0.1, 0.15) is 69.7 Å². The van der Waals surface area contributed by atoms with Gasteiger partial charge in [0.1, 0.15) is 11.6 Å². The maximum atomic E-state index is 13.7. The molecule has 2 atom stereocenters. The lowest BCUT2D eigenvalue weighted by Crippen LogP contribution is -2.45. The van der Waals surface area contributed by atoms with Crippen molar-refractivity contribution in [2.45, 2.75) is 65.5 Å². The molecule has 6 heteroatoms. The second-order valence-electron chi connectivity index (χ2n) is 10.4. The Kier molecular flexibility index (Phi) is 6.96. The van der Waals surface area contributed by atoms with Gasteiger partial charge in [-0.2, -0.15) is 0 Å². The highest BCUT2D eigenvalue weighted by atomic mass is 19.1. The molecule has 2 amide bonds. The number of halogens is 1. The van der Waals surface area contributed by atoms with Crippen LogP contribution in [0.3, 0.4) is 0 Å². The molecule has 4 rings (SSSR count). The standard InChI is InChI=1S/C28H35FN2O3/c1-5-24(26(32)30-15-6-7-16-30)34-22-13-10-19-14-17-31(27(33)28(2,3)4)25(23(19)18-22)20-8-11-21(29)12-9-20/h8-13,18,24-25H,5-7,14-17H2,1-4H3/t24-,25+/m1/s1. The first-order valence-electron chi connectivity index (χ1n) is 12.3. The molecule has 0 saturated carbocycles. The number of carbonyl (C=O) groups excluding carboxylic acids is 2. The molecule has 0 radical (unpaired) electrons. The molecule has 0 aromatic heterocycles. The predicted molar refractivity (Wildman–Crippen MR) is 130 cm³/mol. The average molecular weight is 467 g/mol. The zero-order valence-electron chi connectivity index (χ0n) is 20.6. The van der Waals surface area contributed by atoms with Gasteiger partial charge in [-0.1, -0.05) is 45.9 Å². The van der Waals surface area contributed by atoms with Gasteiger partial charge in [-0.25, -0.2) is 4.39 Å². The Morgan fingerprint density at radius 1 is 1.06 bits per heavy atom. The first-order valence-corrected chi connectivity index (χ1v) is 12.3. The summed E-state index contributed by atoms with van der Waals surface area (Å²) in [6.07, 6.45) is 2.87. The Labute approximate surface area is 201 Å². The van der Waals surface area contributed by atoms with Gasteiger partial charge in [0.15, 0.2) is 6.10 Å². The zero-order chi connectivity index (χ0) is 24.5. The highest BCUT2D eigenvalue weighted by Crippen LogP contribution is 2.39. The zero-order valence-corrected chi connectivity index (χ0v) is 20.6. The van der Waals surface area contributed by atoms with Crippen molar-refractivity contribution in [1.82, 2.24) is 9.80 Å². The minimum absolute atomic E-state index is 0.0392. The van der Waals surface area contributed by atoms with E-state index in [0.717, 1.165) is 49.0 Å². The van der Waals surface area contributed by atoms with Gasteiger partial charge >= 0.3 is 0 Å². The predicted octanol–water partition coefficient (Wildman–Crippen LogP) is 5.13. The fraction of sp³-hybridized carbons (Fsp3) is 0.500. The molecule has 1 fully saturated rings. The van der Waals surface area contributed by atoms with Gasteiger partial charge in [0.2, 0.25) is 5.91 Å². The monoisotopic (exact) mass is 466 g/mol. The number of ether oxygens (including phenoxy) is 1. The second-order valence-corrected chi connectivity index (χ2v) is 10.4. The first-order chi connectivity index (χ1) is 16.2. The number of benzene rings is 2. The molecule has 2 aromatic rings. The van der Waals surface area contributed by atoms with E-state index in [1.54, 1.807) is 12.1 Å². The number of rotatable bonds is 5. The number of nitrogens with zero attached hydrogens (tertiary/aromatic N) is 2. The third-order valence-electron chi connectivity index (χ3n) is 6.78. The maximum absolute atomic E-state index is 13.7. The second kappa shape index (κ2) is 9.77. The van der Waals surface area contributed by atoms with Crippen molar-refractivity contribution in [3.63, 3.8) is 0 Å². The number of fused-ring (bicyclic) bond motifs is 1. The SMILES string of the molecule is CC[C@@H](Oc1ccc2c(c1)[C@H](c1ccc(F)cc1)N(C(=O)C(C)(C)C)CC2)C(=O)N1CCCC1. The van der Waals surface area contributed by atoms with Gasteiger partial charge in [0, 0.05) is 25.0 Å². The first kappa shape index (κ1) is 24.2. The molecule has 0 N–H and O–H groups in total. The summed E-state index contributed by atoms with van der Waals surface area (Å²) in [5.41, 5.74) is 2.42. The summed E-state index contributed by atoms with van der Waals surface area (Å²) in [5, 5.41) is 0. The summed E-state index contributed by atoms with van der Waals surface area (Å²) in [5.74, 6) is 0.402. The summed E-state index contributed by atoms with van der Waals surface area (Å²) in [4.78, 5) is 30.1. The van der Waals surface area contributed by atoms with E-state index in [0.29, 0.717) is 18.7 Å². The summed E-state index contributed by atoms with van der Waals surface area (Å²) in [6, 6.07) is 11.9. The van der Waals surface area contributed by atoms with E-state index in [-0.39, 0.29) is 23.7 Å². The van der Waals surface area contributed by atoms with Crippen molar-refractivity contribution in [2.24, 2.45) is 5.41 Å². The lowest BCUT2D eigenvalue weighted by atomic mass is 9.85. The van der Waals surface area contributed by atoms with E-state index in [1.165, 1.54) is 12.1 Å². The fourth-order valence-corrected chi connectivity index (χ4v) is 4.93. The quantitative estimate of drug-likeness (QED) is 0.614. The van der Waals surface area contributed by atoms with Crippen molar-refractivity contribution in [3.8, 4) is 5.75 Å². The highest BCUT2D eigenvalue weighted by Gasteiger charge is 2.37. The van der Waals surface area contributed by atoms with Crippen molar-refractivity contribution >= 4 is 11.8 Å². The number of hydrogen-bond donors (Lipinski definition) is 0.